The second-order valence-electron chi connectivity index (χ2n) is 3.02. The third kappa shape index (κ3) is 1.91. The number of hydrogen-bond donors (Lipinski definition) is 1. The molecule has 1 aromatic heterocycles. The SMILES string of the molecule is NS(=O)(=O)Cn1cc2ccccc2n1. The zero-order valence-electron chi connectivity index (χ0n) is 7.29. The number of aromatic nitrogens is 2. The van der Waals surface area contributed by atoms with Gasteiger partial charge in [0.05, 0.1) is 5.52 Å². The van der Waals surface area contributed by atoms with Gasteiger partial charge in [-0.1, -0.05) is 18.2 Å². The quantitative estimate of drug-likeness (QED) is 0.775. The van der Waals surface area contributed by atoms with E-state index in [1.165, 1.54) is 4.68 Å². The summed E-state index contributed by atoms with van der Waals surface area (Å²) < 4.78 is 22.9. The van der Waals surface area contributed by atoms with Gasteiger partial charge >= 0.3 is 0 Å². The van der Waals surface area contributed by atoms with E-state index in [-0.39, 0.29) is 5.88 Å². The first kappa shape index (κ1) is 9.17. The lowest BCUT2D eigenvalue weighted by Crippen LogP contribution is -2.19. The molecule has 14 heavy (non-hydrogen) atoms. The van der Waals surface area contributed by atoms with Crippen molar-refractivity contribution in [2.45, 2.75) is 5.88 Å². The first-order valence-corrected chi connectivity index (χ1v) is 5.69. The van der Waals surface area contributed by atoms with Crippen molar-refractivity contribution in [1.82, 2.24) is 9.78 Å². The van der Waals surface area contributed by atoms with Crippen LogP contribution in [0.15, 0.2) is 30.5 Å². The fourth-order valence-electron chi connectivity index (χ4n) is 1.27. The minimum absolute atomic E-state index is 0.290. The lowest BCUT2D eigenvalue weighted by Gasteiger charge is -1.96. The molecule has 74 valence electrons. The Morgan fingerprint density at radius 1 is 1.36 bits per heavy atom. The maximum atomic E-state index is 10.8. The fraction of sp³-hybridized carbons (Fsp3) is 0.125. The van der Waals surface area contributed by atoms with E-state index in [4.69, 9.17) is 5.14 Å². The predicted octanol–water partition coefficient (Wildman–Crippen LogP) is 0.282. The molecule has 0 aliphatic carbocycles. The van der Waals surface area contributed by atoms with Gasteiger partial charge in [0.2, 0.25) is 10.0 Å². The highest BCUT2D eigenvalue weighted by Gasteiger charge is 2.06. The van der Waals surface area contributed by atoms with Crippen LogP contribution < -0.4 is 5.14 Å². The van der Waals surface area contributed by atoms with Gasteiger partial charge in [-0.05, 0) is 6.07 Å². The van der Waals surface area contributed by atoms with E-state index in [9.17, 15) is 8.42 Å². The molecule has 1 aromatic carbocycles. The Balaban J connectivity index is 2.46. The smallest absolute Gasteiger partial charge is 0.229 e. The highest BCUT2D eigenvalue weighted by Crippen LogP contribution is 2.10. The molecule has 0 fully saturated rings. The minimum Gasteiger partial charge on any atom is -0.255 e. The van der Waals surface area contributed by atoms with Crippen LogP contribution in [-0.2, 0) is 15.9 Å². The molecule has 0 saturated carbocycles. The number of fused-ring (bicyclic) bond motifs is 1. The Morgan fingerprint density at radius 2 is 2.07 bits per heavy atom. The molecule has 1 heterocycles. The van der Waals surface area contributed by atoms with E-state index in [1.54, 1.807) is 6.20 Å². The molecule has 0 unspecified atom stereocenters. The largest absolute Gasteiger partial charge is 0.255 e. The third-order valence-corrected chi connectivity index (χ3v) is 2.40. The summed E-state index contributed by atoms with van der Waals surface area (Å²) in [6.45, 7) is 0. The van der Waals surface area contributed by atoms with E-state index >= 15 is 0 Å². The van der Waals surface area contributed by atoms with Gasteiger partial charge in [0.15, 0.2) is 5.88 Å². The lowest BCUT2D eigenvalue weighted by atomic mass is 10.3. The second-order valence-corrected chi connectivity index (χ2v) is 4.60. The molecule has 0 amide bonds. The van der Waals surface area contributed by atoms with Crippen LogP contribution >= 0.6 is 0 Å². The lowest BCUT2D eigenvalue weighted by molar-refractivity contribution is 0.578. The average Bonchev–Trinajstić information content (AvgIpc) is 2.42. The standard InChI is InChI=1S/C8H9N3O2S/c9-14(12,13)6-11-5-7-3-1-2-4-8(7)10-11/h1-5H,6H2,(H2,9,12,13). The van der Waals surface area contributed by atoms with Crippen molar-refractivity contribution in [3.63, 3.8) is 0 Å². The van der Waals surface area contributed by atoms with Gasteiger partial charge in [-0.25, -0.2) is 13.6 Å². The minimum atomic E-state index is -3.52. The van der Waals surface area contributed by atoms with E-state index in [0.29, 0.717) is 0 Å². The van der Waals surface area contributed by atoms with Crippen molar-refractivity contribution in [2.24, 2.45) is 5.14 Å². The van der Waals surface area contributed by atoms with Crippen LogP contribution in [-0.4, -0.2) is 18.2 Å². The normalized spacial score (nSPS) is 12.1. The first-order chi connectivity index (χ1) is 6.54. The molecule has 0 spiro atoms. The molecule has 0 atom stereocenters. The fourth-order valence-corrected chi connectivity index (χ4v) is 1.77. The summed E-state index contributed by atoms with van der Waals surface area (Å²) in [6.07, 6.45) is 1.65. The summed E-state index contributed by atoms with van der Waals surface area (Å²) in [5, 5.41) is 9.86. The molecule has 0 radical (unpaired) electrons. The van der Waals surface area contributed by atoms with Crippen LogP contribution in [0.5, 0.6) is 0 Å². The molecule has 0 saturated heterocycles. The maximum Gasteiger partial charge on any atom is 0.229 e. The number of nitrogens with two attached hydrogens (primary N) is 1. The van der Waals surface area contributed by atoms with Gasteiger partial charge < -0.3 is 0 Å². The molecule has 6 heteroatoms. The molecular formula is C8H9N3O2S. The number of benzene rings is 1. The summed E-state index contributed by atoms with van der Waals surface area (Å²) in [5.74, 6) is -0.290. The molecule has 0 bridgehead atoms. The average molecular weight is 211 g/mol. The summed E-state index contributed by atoms with van der Waals surface area (Å²) in [4.78, 5) is 0. The van der Waals surface area contributed by atoms with E-state index in [1.807, 2.05) is 24.3 Å². The van der Waals surface area contributed by atoms with Crippen LogP contribution in [0.4, 0.5) is 0 Å². The zero-order chi connectivity index (χ0) is 10.2. The summed E-state index contributed by atoms with van der Waals surface area (Å²) in [6, 6.07) is 7.39. The highest BCUT2D eigenvalue weighted by atomic mass is 32.2. The highest BCUT2D eigenvalue weighted by molar-refractivity contribution is 7.88. The van der Waals surface area contributed by atoms with Crippen LogP contribution in [0, 0.1) is 0 Å². The summed E-state index contributed by atoms with van der Waals surface area (Å²) in [5.41, 5.74) is 0.760. The zero-order valence-corrected chi connectivity index (χ0v) is 8.11. The number of nitrogens with zero attached hydrogens (tertiary/aromatic N) is 2. The first-order valence-electron chi connectivity index (χ1n) is 3.97. The molecular weight excluding hydrogens is 202 g/mol. The van der Waals surface area contributed by atoms with Gasteiger partial charge in [-0.2, -0.15) is 5.10 Å². The van der Waals surface area contributed by atoms with E-state index in [0.717, 1.165) is 10.9 Å². The summed E-state index contributed by atoms with van der Waals surface area (Å²) in [7, 11) is -3.52. The Hall–Kier alpha value is -1.40. The van der Waals surface area contributed by atoms with Gasteiger partial charge in [0, 0.05) is 11.6 Å². The summed E-state index contributed by atoms with van der Waals surface area (Å²) >= 11 is 0. The van der Waals surface area contributed by atoms with Crippen molar-refractivity contribution in [2.75, 3.05) is 0 Å². The molecule has 2 aromatic rings. The predicted molar refractivity (Wildman–Crippen MR) is 52.8 cm³/mol. The Bertz CT molecular complexity index is 526. The van der Waals surface area contributed by atoms with Gasteiger partial charge in [0.25, 0.3) is 0 Å². The number of primary sulfonamides is 1. The van der Waals surface area contributed by atoms with E-state index in [2.05, 4.69) is 5.10 Å². The van der Waals surface area contributed by atoms with Crippen LogP contribution in [0.2, 0.25) is 0 Å². The number of rotatable bonds is 2. The van der Waals surface area contributed by atoms with Crippen LogP contribution in [0.1, 0.15) is 0 Å². The molecule has 0 aliphatic rings. The monoisotopic (exact) mass is 211 g/mol. The van der Waals surface area contributed by atoms with Gasteiger partial charge in [-0.15, -0.1) is 0 Å². The number of hydrogen-bond acceptors (Lipinski definition) is 3. The third-order valence-electron chi connectivity index (χ3n) is 1.77. The van der Waals surface area contributed by atoms with Crippen LogP contribution in [0.3, 0.4) is 0 Å². The maximum absolute atomic E-state index is 10.8. The molecule has 5 nitrogen and oxygen atoms in total. The molecule has 2 rings (SSSR count). The van der Waals surface area contributed by atoms with Crippen LogP contribution in [0.25, 0.3) is 10.9 Å². The molecule has 2 N–H and O–H groups in total. The van der Waals surface area contributed by atoms with Crippen molar-refractivity contribution in [3.8, 4) is 0 Å². The Labute approximate surface area is 81.2 Å². The van der Waals surface area contributed by atoms with Crippen molar-refractivity contribution < 1.29 is 8.42 Å². The molecule has 0 aliphatic heterocycles. The Morgan fingerprint density at radius 3 is 2.71 bits per heavy atom. The Kier molecular flexibility index (Phi) is 2.01. The van der Waals surface area contributed by atoms with Crippen molar-refractivity contribution >= 4 is 20.9 Å². The van der Waals surface area contributed by atoms with Gasteiger partial charge in [-0.3, -0.25) is 4.68 Å². The van der Waals surface area contributed by atoms with Crippen molar-refractivity contribution in [3.05, 3.63) is 30.5 Å². The second kappa shape index (κ2) is 3.07. The number of sulfonamides is 1. The van der Waals surface area contributed by atoms with Gasteiger partial charge in [0.1, 0.15) is 0 Å². The van der Waals surface area contributed by atoms with Crippen molar-refractivity contribution in [1.29, 1.82) is 0 Å². The van der Waals surface area contributed by atoms with E-state index < -0.39 is 10.0 Å². The topological polar surface area (TPSA) is 78.0 Å².